The van der Waals surface area contributed by atoms with Gasteiger partial charge in [-0.25, -0.2) is 5.43 Å². The van der Waals surface area contributed by atoms with Crippen molar-refractivity contribution in [1.29, 1.82) is 0 Å². The smallest absolute Gasteiger partial charge is 0.288 e. The van der Waals surface area contributed by atoms with Crippen molar-refractivity contribution in [2.75, 3.05) is 0 Å². The van der Waals surface area contributed by atoms with E-state index in [0.717, 1.165) is 6.07 Å². The van der Waals surface area contributed by atoms with Crippen molar-refractivity contribution in [3.63, 3.8) is 0 Å². The molecule has 0 aliphatic heterocycles. The van der Waals surface area contributed by atoms with E-state index in [2.05, 4.69) is 10.5 Å². The first-order valence-corrected chi connectivity index (χ1v) is 6.55. The first-order valence-electron chi connectivity index (χ1n) is 6.18. The van der Waals surface area contributed by atoms with Crippen molar-refractivity contribution in [2.45, 2.75) is 0 Å². The summed E-state index contributed by atoms with van der Waals surface area (Å²) in [6.45, 7) is 0. The van der Waals surface area contributed by atoms with Gasteiger partial charge in [0, 0.05) is 17.7 Å². The molecular formula is C14H10ClN3O5. The Labute approximate surface area is 134 Å². The normalized spacial score (nSPS) is 10.7. The number of nitrogens with one attached hydrogen (secondary N) is 1. The standard InChI is InChI=1S/C14H10ClN3O5/c15-11-4-1-8(5-12(11)18(22)23)7-16-17-14(21)10-3-2-9(19)6-13(10)20/h1-7,19-20H,(H,17,21)/b16-7-. The average molecular weight is 336 g/mol. The van der Waals surface area contributed by atoms with Crippen molar-refractivity contribution in [3.8, 4) is 11.5 Å². The van der Waals surface area contributed by atoms with Gasteiger partial charge < -0.3 is 10.2 Å². The van der Waals surface area contributed by atoms with Crippen LogP contribution in [0.25, 0.3) is 0 Å². The van der Waals surface area contributed by atoms with Crippen LogP contribution in [0.2, 0.25) is 5.02 Å². The van der Waals surface area contributed by atoms with Gasteiger partial charge in [0.2, 0.25) is 0 Å². The summed E-state index contributed by atoms with van der Waals surface area (Å²) in [5.74, 6) is -1.29. The van der Waals surface area contributed by atoms with Crippen molar-refractivity contribution in [1.82, 2.24) is 5.43 Å². The number of halogens is 1. The lowest BCUT2D eigenvalue weighted by molar-refractivity contribution is -0.384. The molecule has 0 aliphatic carbocycles. The summed E-state index contributed by atoms with van der Waals surface area (Å²) in [5.41, 5.74) is 2.15. The number of aromatic hydroxyl groups is 2. The molecular weight excluding hydrogens is 326 g/mol. The van der Waals surface area contributed by atoms with Gasteiger partial charge in [0.25, 0.3) is 11.6 Å². The Bertz CT molecular complexity index is 807. The highest BCUT2D eigenvalue weighted by molar-refractivity contribution is 6.32. The second kappa shape index (κ2) is 6.75. The Hall–Kier alpha value is -3.13. The van der Waals surface area contributed by atoms with Crippen LogP contribution in [0.1, 0.15) is 15.9 Å². The van der Waals surface area contributed by atoms with Crippen LogP contribution in [-0.2, 0) is 0 Å². The summed E-state index contributed by atoms with van der Waals surface area (Å²) in [4.78, 5) is 21.9. The lowest BCUT2D eigenvalue weighted by Crippen LogP contribution is -2.17. The molecule has 2 aromatic carbocycles. The minimum absolute atomic E-state index is 0.00907. The number of carbonyl (C=O) groups excluding carboxylic acids is 1. The molecule has 23 heavy (non-hydrogen) atoms. The average Bonchev–Trinajstić information content (AvgIpc) is 2.48. The lowest BCUT2D eigenvalue weighted by atomic mass is 10.2. The molecule has 0 heterocycles. The maximum Gasteiger partial charge on any atom is 0.288 e. The molecule has 0 aromatic heterocycles. The van der Waals surface area contributed by atoms with Crippen LogP contribution in [-0.4, -0.2) is 27.3 Å². The molecule has 0 unspecified atom stereocenters. The maximum absolute atomic E-state index is 11.8. The van der Waals surface area contributed by atoms with Gasteiger partial charge in [-0.3, -0.25) is 14.9 Å². The third-order valence-corrected chi connectivity index (χ3v) is 3.09. The first kappa shape index (κ1) is 16.2. The highest BCUT2D eigenvalue weighted by Gasteiger charge is 2.12. The summed E-state index contributed by atoms with van der Waals surface area (Å²) in [7, 11) is 0. The Morgan fingerprint density at radius 1 is 1.26 bits per heavy atom. The van der Waals surface area contributed by atoms with Crippen molar-refractivity contribution in [2.24, 2.45) is 5.10 Å². The monoisotopic (exact) mass is 335 g/mol. The molecule has 2 rings (SSSR count). The summed E-state index contributed by atoms with van der Waals surface area (Å²) >= 11 is 5.68. The number of carbonyl (C=O) groups is 1. The van der Waals surface area contributed by atoms with Crippen molar-refractivity contribution >= 4 is 29.4 Å². The molecule has 1 amide bonds. The quantitative estimate of drug-likeness (QED) is 0.449. The molecule has 2 aromatic rings. The van der Waals surface area contributed by atoms with Gasteiger partial charge >= 0.3 is 0 Å². The van der Waals surface area contributed by atoms with E-state index in [1.807, 2.05) is 0 Å². The number of hydrazone groups is 1. The van der Waals surface area contributed by atoms with Crippen LogP contribution < -0.4 is 5.43 Å². The Kier molecular flexibility index (Phi) is 4.77. The van der Waals surface area contributed by atoms with E-state index < -0.39 is 16.6 Å². The minimum Gasteiger partial charge on any atom is -0.508 e. The second-order valence-electron chi connectivity index (χ2n) is 4.37. The highest BCUT2D eigenvalue weighted by Crippen LogP contribution is 2.24. The van der Waals surface area contributed by atoms with E-state index in [-0.39, 0.29) is 22.0 Å². The number of phenols is 2. The zero-order valence-corrected chi connectivity index (χ0v) is 12.2. The van der Waals surface area contributed by atoms with E-state index in [1.165, 1.54) is 36.5 Å². The molecule has 0 atom stereocenters. The van der Waals surface area contributed by atoms with Gasteiger partial charge in [-0.05, 0) is 18.2 Å². The Balaban J connectivity index is 2.11. The Morgan fingerprint density at radius 3 is 2.65 bits per heavy atom. The van der Waals surface area contributed by atoms with E-state index in [9.17, 15) is 20.0 Å². The molecule has 0 saturated heterocycles. The molecule has 0 fully saturated rings. The summed E-state index contributed by atoms with van der Waals surface area (Å²) in [6.07, 6.45) is 1.19. The third-order valence-electron chi connectivity index (χ3n) is 2.77. The van der Waals surface area contributed by atoms with Crippen LogP contribution in [0, 0.1) is 10.1 Å². The summed E-state index contributed by atoms with van der Waals surface area (Å²) in [6, 6.07) is 7.51. The van der Waals surface area contributed by atoms with E-state index in [1.54, 1.807) is 0 Å². The van der Waals surface area contributed by atoms with Crippen LogP contribution in [0.15, 0.2) is 41.5 Å². The van der Waals surface area contributed by atoms with Crippen molar-refractivity contribution in [3.05, 3.63) is 62.7 Å². The maximum atomic E-state index is 11.8. The van der Waals surface area contributed by atoms with E-state index in [0.29, 0.717) is 5.56 Å². The number of hydrogen-bond acceptors (Lipinski definition) is 6. The molecule has 0 spiro atoms. The highest BCUT2D eigenvalue weighted by atomic mass is 35.5. The fraction of sp³-hybridized carbons (Fsp3) is 0. The van der Waals surface area contributed by atoms with Gasteiger partial charge in [0.05, 0.1) is 16.7 Å². The Morgan fingerprint density at radius 2 is 2.00 bits per heavy atom. The van der Waals surface area contributed by atoms with Crippen molar-refractivity contribution < 1.29 is 19.9 Å². The summed E-state index contributed by atoms with van der Waals surface area (Å²) < 4.78 is 0. The fourth-order valence-electron chi connectivity index (χ4n) is 1.69. The second-order valence-corrected chi connectivity index (χ2v) is 4.78. The predicted molar refractivity (Wildman–Crippen MR) is 82.9 cm³/mol. The predicted octanol–water partition coefficient (Wildman–Crippen LogP) is 2.42. The zero-order chi connectivity index (χ0) is 17.0. The number of nitro benzene ring substituents is 1. The number of nitrogens with zero attached hydrogens (tertiary/aromatic N) is 2. The van der Waals surface area contributed by atoms with Gasteiger partial charge in [-0.1, -0.05) is 17.7 Å². The van der Waals surface area contributed by atoms with Gasteiger partial charge in [0.15, 0.2) is 0 Å². The number of nitro groups is 1. The molecule has 8 nitrogen and oxygen atoms in total. The van der Waals surface area contributed by atoms with E-state index >= 15 is 0 Å². The number of amides is 1. The molecule has 118 valence electrons. The number of hydrogen-bond donors (Lipinski definition) is 3. The largest absolute Gasteiger partial charge is 0.508 e. The van der Waals surface area contributed by atoms with Gasteiger partial charge in [0.1, 0.15) is 16.5 Å². The lowest BCUT2D eigenvalue weighted by Gasteiger charge is -2.03. The van der Waals surface area contributed by atoms with Crippen LogP contribution in [0.5, 0.6) is 11.5 Å². The van der Waals surface area contributed by atoms with Gasteiger partial charge in [-0.2, -0.15) is 5.10 Å². The number of rotatable bonds is 4. The molecule has 3 N–H and O–H groups in total. The topological polar surface area (TPSA) is 125 Å². The molecule has 0 bridgehead atoms. The number of phenolic OH excluding ortho intramolecular Hbond substituents is 2. The molecule has 0 aliphatic rings. The molecule has 0 saturated carbocycles. The van der Waals surface area contributed by atoms with Crippen LogP contribution >= 0.6 is 11.6 Å². The zero-order valence-electron chi connectivity index (χ0n) is 11.4. The summed E-state index contributed by atoms with van der Waals surface area (Å²) in [5, 5.41) is 33.1. The fourth-order valence-corrected chi connectivity index (χ4v) is 1.87. The van der Waals surface area contributed by atoms with Gasteiger partial charge in [-0.15, -0.1) is 0 Å². The number of benzene rings is 2. The molecule has 0 radical (unpaired) electrons. The minimum atomic E-state index is -0.706. The SMILES string of the molecule is O=C(N/N=C\c1ccc(Cl)c([N+](=O)[O-])c1)c1ccc(O)cc1O. The third kappa shape index (κ3) is 3.95. The van der Waals surface area contributed by atoms with E-state index in [4.69, 9.17) is 16.7 Å². The van der Waals surface area contributed by atoms with Crippen LogP contribution in [0.3, 0.4) is 0 Å². The van der Waals surface area contributed by atoms with Crippen LogP contribution in [0.4, 0.5) is 5.69 Å². The molecule has 9 heteroatoms. The first-order chi connectivity index (χ1) is 10.9.